The highest BCUT2D eigenvalue weighted by Crippen LogP contribution is 2.47. The molecule has 19 heavy (non-hydrogen) atoms. The number of nitrogens with two attached hydrogens (primary N) is 1. The second-order valence-electron chi connectivity index (χ2n) is 6.57. The highest BCUT2D eigenvalue weighted by molar-refractivity contribution is 5.80. The van der Waals surface area contributed by atoms with Crippen LogP contribution in [-0.2, 0) is 4.79 Å². The van der Waals surface area contributed by atoms with Gasteiger partial charge >= 0.3 is 0 Å². The summed E-state index contributed by atoms with van der Waals surface area (Å²) in [6.45, 7) is 4.39. The third kappa shape index (κ3) is 3.31. The number of rotatable bonds is 7. The SMILES string of the molecule is CCCCC(CCC)NC(=O)C1C2CCC(C2)C1N. The molecule has 0 radical (unpaired) electrons. The Bertz CT molecular complexity index is 303. The molecule has 110 valence electrons. The average molecular weight is 266 g/mol. The summed E-state index contributed by atoms with van der Waals surface area (Å²) < 4.78 is 0. The molecule has 3 nitrogen and oxygen atoms in total. The summed E-state index contributed by atoms with van der Waals surface area (Å²) in [7, 11) is 0. The summed E-state index contributed by atoms with van der Waals surface area (Å²) in [6.07, 6.45) is 9.39. The number of amides is 1. The number of hydrogen-bond acceptors (Lipinski definition) is 2. The first-order valence-corrected chi connectivity index (χ1v) is 8.23. The molecule has 0 aromatic carbocycles. The van der Waals surface area contributed by atoms with Crippen molar-refractivity contribution in [1.29, 1.82) is 0 Å². The summed E-state index contributed by atoms with van der Waals surface area (Å²) in [5.74, 6) is 1.52. The molecule has 0 aromatic rings. The molecule has 2 aliphatic rings. The molecule has 2 rings (SSSR count). The first-order valence-electron chi connectivity index (χ1n) is 8.23. The van der Waals surface area contributed by atoms with Crippen molar-refractivity contribution in [3.8, 4) is 0 Å². The maximum atomic E-state index is 12.5. The zero-order valence-electron chi connectivity index (χ0n) is 12.5. The van der Waals surface area contributed by atoms with Crippen molar-refractivity contribution in [2.75, 3.05) is 0 Å². The van der Waals surface area contributed by atoms with Gasteiger partial charge in [0.05, 0.1) is 5.92 Å². The number of nitrogens with one attached hydrogen (secondary N) is 1. The third-order valence-electron chi connectivity index (χ3n) is 5.17. The molecule has 2 bridgehead atoms. The van der Waals surface area contributed by atoms with Crippen LogP contribution in [0.15, 0.2) is 0 Å². The van der Waals surface area contributed by atoms with Gasteiger partial charge in [0.1, 0.15) is 0 Å². The topological polar surface area (TPSA) is 55.1 Å². The fourth-order valence-electron chi connectivity index (χ4n) is 4.11. The number of unbranched alkanes of at least 4 members (excludes halogenated alkanes) is 1. The minimum Gasteiger partial charge on any atom is -0.353 e. The first-order chi connectivity index (χ1) is 9.17. The Morgan fingerprint density at radius 2 is 1.95 bits per heavy atom. The molecule has 2 saturated carbocycles. The van der Waals surface area contributed by atoms with E-state index in [0.29, 0.717) is 17.9 Å². The van der Waals surface area contributed by atoms with Crippen LogP contribution in [-0.4, -0.2) is 18.0 Å². The van der Waals surface area contributed by atoms with Crippen molar-refractivity contribution in [2.24, 2.45) is 23.5 Å². The van der Waals surface area contributed by atoms with E-state index in [9.17, 15) is 4.79 Å². The lowest BCUT2D eigenvalue weighted by molar-refractivity contribution is -0.127. The molecule has 0 spiro atoms. The van der Waals surface area contributed by atoms with E-state index in [1.165, 1.54) is 32.1 Å². The monoisotopic (exact) mass is 266 g/mol. The Kier molecular flexibility index (Phi) is 5.26. The van der Waals surface area contributed by atoms with Crippen molar-refractivity contribution in [2.45, 2.75) is 77.3 Å². The van der Waals surface area contributed by atoms with Crippen molar-refractivity contribution in [3.05, 3.63) is 0 Å². The largest absolute Gasteiger partial charge is 0.353 e. The van der Waals surface area contributed by atoms with Gasteiger partial charge < -0.3 is 11.1 Å². The second kappa shape index (κ2) is 6.74. The van der Waals surface area contributed by atoms with Gasteiger partial charge in [-0.1, -0.05) is 33.1 Å². The van der Waals surface area contributed by atoms with Gasteiger partial charge in [-0.25, -0.2) is 0 Å². The van der Waals surface area contributed by atoms with Crippen LogP contribution in [0.25, 0.3) is 0 Å². The van der Waals surface area contributed by atoms with Crippen LogP contribution in [0.5, 0.6) is 0 Å². The van der Waals surface area contributed by atoms with Gasteiger partial charge in [-0.2, -0.15) is 0 Å². The minimum atomic E-state index is 0.0970. The van der Waals surface area contributed by atoms with Crippen molar-refractivity contribution >= 4 is 5.91 Å². The van der Waals surface area contributed by atoms with Gasteiger partial charge in [0.2, 0.25) is 5.91 Å². The van der Waals surface area contributed by atoms with E-state index in [1.807, 2.05) is 0 Å². The van der Waals surface area contributed by atoms with Crippen molar-refractivity contribution in [1.82, 2.24) is 5.32 Å². The predicted molar refractivity (Wildman–Crippen MR) is 78.7 cm³/mol. The molecule has 3 heteroatoms. The average Bonchev–Trinajstić information content (AvgIpc) is 2.96. The zero-order chi connectivity index (χ0) is 13.8. The van der Waals surface area contributed by atoms with E-state index in [4.69, 9.17) is 5.73 Å². The van der Waals surface area contributed by atoms with Gasteiger partial charge in [-0.3, -0.25) is 4.79 Å². The van der Waals surface area contributed by atoms with Crippen LogP contribution in [0.3, 0.4) is 0 Å². The smallest absolute Gasteiger partial charge is 0.225 e. The lowest BCUT2D eigenvalue weighted by Gasteiger charge is -2.29. The molecule has 5 atom stereocenters. The molecule has 2 fully saturated rings. The summed E-state index contributed by atoms with van der Waals surface area (Å²) in [6, 6.07) is 0.482. The Morgan fingerprint density at radius 3 is 2.53 bits per heavy atom. The van der Waals surface area contributed by atoms with Crippen molar-refractivity contribution in [3.63, 3.8) is 0 Å². The number of hydrogen-bond donors (Lipinski definition) is 2. The van der Waals surface area contributed by atoms with Crippen LogP contribution in [0.2, 0.25) is 0 Å². The first kappa shape index (κ1) is 14.8. The standard InChI is InChI=1S/C16H30N2O/c1-3-5-7-13(6-4-2)18-16(19)14-11-8-9-12(10-11)15(14)17/h11-15H,3-10,17H2,1-2H3,(H,18,19). The molecule has 0 heterocycles. The van der Waals surface area contributed by atoms with E-state index < -0.39 is 0 Å². The predicted octanol–water partition coefficient (Wildman–Crippen LogP) is 2.83. The maximum Gasteiger partial charge on any atom is 0.225 e. The summed E-state index contributed by atoms with van der Waals surface area (Å²) in [5, 5.41) is 3.29. The van der Waals surface area contributed by atoms with Gasteiger partial charge in [0.15, 0.2) is 0 Å². The molecule has 2 aliphatic carbocycles. The van der Waals surface area contributed by atoms with Gasteiger partial charge in [0, 0.05) is 12.1 Å². The Labute approximate surface area is 117 Å². The van der Waals surface area contributed by atoms with Gasteiger partial charge in [-0.15, -0.1) is 0 Å². The van der Waals surface area contributed by atoms with Crippen molar-refractivity contribution < 1.29 is 4.79 Å². The number of fused-ring (bicyclic) bond motifs is 2. The van der Waals surface area contributed by atoms with E-state index in [1.54, 1.807) is 0 Å². The van der Waals surface area contributed by atoms with E-state index in [-0.39, 0.29) is 17.9 Å². The Morgan fingerprint density at radius 1 is 1.21 bits per heavy atom. The Balaban J connectivity index is 1.88. The molecule has 0 aromatic heterocycles. The molecule has 5 unspecified atom stereocenters. The summed E-state index contributed by atoms with van der Waals surface area (Å²) in [4.78, 5) is 12.5. The molecular weight excluding hydrogens is 236 g/mol. The van der Waals surface area contributed by atoms with Crippen LogP contribution in [0.4, 0.5) is 0 Å². The molecule has 0 aliphatic heterocycles. The normalized spacial score (nSPS) is 34.5. The second-order valence-corrected chi connectivity index (χ2v) is 6.57. The quantitative estimate of drug-likeness (QED) is 0.744. The maximum absolute atomic E-state index is 12.5. The molecule has 1 amide bonds. The lowest BCUT2D eigenvalue weighted by atomic mass is 9.84. The molecular formula is C16H30N2O. The molecule has 3 N–H and O–H groups in total. The fraction of sp³-hybridized carbons (Fsp3) is 0.938. The number of carbonyl (C=O) groups is 1. The zero-order valence-corrected chi connectivity index (χ0v) is 12.5. The van der Waals surface area contributed by atoms with Crippen LogP contribution >= 0.6 is 0 Å². The van der Waals surface area contributed by atoms with Crippen LogP contribution in [0, 0.1) is 17.8 Å². The highest BCUT2D eigenvalue weighted by Gasteiger charge is 2.49. The third-order valence-corrected chi connectivity index (χ3v) is 5.17. The van der Waals surface area contributed by atoms with Gasteiger partial charge in [0.25, 0.3) is 0 Å². The summed E-state index contributed by atoms with van der Waals surface area (Å²) in [5.41, 5.74) is 6.25. The van der Waals surface area contributed by atoms with E-state index in [2.05, 4.69) is 19.2 Å². The lowest BCUT2D eigenvalue weighted by Crippen LogP contribution is -2.48. The van der Waals surface area contributed by atoms with Crippen LogP contribution in [0.1, 0.15) is 65.2 Å². The van der Waals surface area contributed by atoms with Crippen LogP contribution < -0.4 is 11.1 Å². The number of carbonyl (C=O) groups excluding carboxylic acids is 1. The van der Waals surface area contributed by atoms with E-state index in [0.717, 1.165) is 19.3 Å². The van der Waals surface area contributed by atoms with E-state index >= 15 is 0 Å². The summed E-state index contributed by atoms with van der Waals surface area (Å²) >= 11 is 0. The highest BCUT2D eigenvalue weighted by atomic mass is 16.2. The fourth-order valence-corrected chi connectivity index (χ4v) is 4.11. The van der Waals surface area contributed by atoms with Gasteiger partial charge in [-0.05, 0) is 43.9 Å². The Hall–Kier alpha value is -0.570. The minimum absolute atomic E-state index is 0.0970. The molecule has 0 saturated heterocycles.